The Kier molecular flexibility index (Phi) is 4.45. The maximum Gasteiger partial charge on any atom is 0.344 e. The highest BCUT2D eigenvalue weighted by Gasteiger charge is 2.22. The van der Waals surface area contributed by atoms with Gasteiger partial charge in [0, 0.05) is 18.8 Å². The maximum absolute atomic E-state index is 12.0. The third-order valence-electron chi connectivity index (χ3n) is 3.27. The summed E-state index contributed by atoms with van der Waals surface area (Å²) >= 11 is 0. The van der Waals surface area contributed by atoms with Gasteiger partial charge in [0.2, 0.25) is 0 Å². The Balaban J connectivity index is 2.00. The number of ether oxygens (including phenoxy) is 2. The smallest absolute Gasteiger partial charge is 0.344 e. The molecule has 6 heteroatoms. The van der Waals surface area contributed by atoms with Crippen LogP contribution >= 0.6 is 0 Å². The summed E-state index contributed by atoms with van der Waals surface area (Å²) in [7, 11) is 1.45. The number of nitrogens with zero attached hydrogens (tertiary/aromatic N) is 1. The lowest BCUT2D eigenvalue weighted by Gasteiger charge is -2.15. The van der Waals surface area contributed by atoms with Crippen molar-refractivity contribution in [3.8, 4) is 5.75 Å². The Hall–Kier alpha value is -2.24. The van der Waals surface area contributed by atoms with Gasteiger partial charge in [-0.2, -0.15) is 0 Å². The minimum absolute atomic E-state index is 0.157. The molecule has 6 nitrogen and oxygen atoms in total. The molecule has 20 heavy (non-hydrogen) atoms. The normalized spacial score (nSPS) is 14.2. The molecule has 2 N–H and O–H groups in total. The van der Waals surface area contributed by atoms with Crippen molar-refractivity contribution in [3.05, 3.63) is 23.8 Å². The minimum Gasteiger partial charge on any atom is -0.496 e. The standard InChI is InChI=1S/C14H18N2O4/c1-19-11-6-4-5-10(15)13(11)14(18)20-9-12(17)16-7-2-3-8-16/h4-6H,2-3,7-9,15H2,1H3. The Morgan fingerprint density at radius 1 is 1.30 bits per heavy atom. The highest BCUT2D eigenvalue weighted by molar-refractivity contribution is 5.99. The number of carbonyl (C=O) groups excluding carboxylic acids is 2. The van der Waals surface area contributed by atoms with Crippen LogP contribution in [0, 0.1) is 0 Å². The molecule has 1 amide bonds. The van der Waals surface area contributed by atoms with E-state index in [0.29, 0.717) is 5.75 Å². The Bertz CT molecular complexity index is 510. The lowest BCUT2D eigenvalue weighted by Crippen LogP contribution is -2.32. The van der Waals surface area contributed by atoms with E-state index < -0.39 is 5.97 Å². The maximum atomic E-state index is 12.0. The molecule has 1 aliphatic rings. The average Bonchev–Trinajstić information content (AvgIpc) is 2.98. The van der Waals surface area contributed by atoms with Gasteiger partial charge in [-0.1, -0.05) is 6.07 Å². The first-order valence-corrected chi connectivity index (χ1v) is 6.51. The van der Waals surface area contributed by atoms with E-state index in [9.17, 15) is 9.59 Å². The van der Waals surface area contributed by atoms with Gasteiger partial charge < -0.3 is 20.1 Å². The lowest BCUT2D eigenvalue weighted by atomic mass is 10.1. The SMILES string of the molecule is COc1cccc(N)c1C(=O)OCC(=O)N1CCCC1. The Morgan fingerprint density at radius 2 is 2.00 bits per heavy atom. The first-order valence-electron chi connectivity index (χ1n) is 6.51. The summed E-state index contributed by atoms with van der Waals surface area (Å²) in [5, 5.41) is 0. The molecule has 1 aromatic carbocycles. The second kappa shape index (κ2) is 6.27. The van der Waals surface area contributed by atoms with Gasteiger partial charge in [0.1, 0.15) is 11.3 Å². The van der Waals surface area contributed by atoms with Crippen molar-refractivity contribution in [1.82, 2.24) is 4.90 Å². The number of rotatable bonds is 4. The summed E-state index contributed by atoms with van der Waals surface area (Å²) in [6, 6.07) is 4.89. The zero-order valence-corrected chi connectivity index (χ0v) is 11.4. The summed E-state index contributed by atoms with van der Waals surface area (Å²) in [5.41, 5.74) is 6.17. The summed E-state index contributed by atoms with van der Waals surface area (Å²) < 4.78 is 10.1. The fourth-order valence-electron chi connectivity index (χ4n) is 2.19. The van der Waals surface area contributed by atoms with E-state index in [2.05, 4.69) is 0 Å². The molecular formula is C14H18N2O4. The molecule has 0 unspecified atom stereocenters. The van der Waals surface area contributed by atoms with Gasteiger partial charge in [-0.3, -0.25) is 4.79 Å². The van der Waals surface area contributed by atoms with Crippen LogP contribution in [-0.4, -0.2) is 43.6 Å². The third-order valence-corrected chi connectivity index (χ3v) is 3.27. The fraction of sp³-hybridized carbons (Fsp3) is 0.429. The van der Waals surface area contributed by atoms with Gasteiger partial charge in [0.25, 0.3) is 5.91 Å². The van der Waals surface area contributed by atoms with Crippen LogP contribution in [0.4, 0.5) is 5.69 Å². The van der Waals surface area contributed by atoms with Crippen molar-refractivity contribution < 1.29 is 19.1 Å². The van der Waals surface area contributed by atoms with E-state index in [0.717, 1.165) is 25.9 Å². The monoisotopic (exact) mass is 278 g/mol. The summed E-state index contributed by atoms with van der Waals surface area (Å²) in [5.74, 6) is -0.486. The van der Waals surface area contributed by atoms with Crippen LogP contribution in [0.1, 0.15) is 23.2 Å². The highest BCUT2D eigenvalue weighted by Crippen LogP contribution is 2.24. The molecule has 0 spiro atoms. The number of methoxy groups -OCH3 is 1. The summed E-state index contributed by atoms with van der Waals surface area (Å²) in [6.07, 6.45) is 2.00. The molecule has 1 aliphatic heterocycles. The molecule has 0 aliphatic carbocycles. The topological polar surface area (TPSA) is 81.9 Å². The van der Waals surface area contributed by atoms with Crippen LogP contribution in [0.5, 0.6) is 5.75 Å². The van der Waals surface area contributed by atoms with E-state index >= 15 is 0 Å². The van der Waals surface area contributed by atoms with E-state index in [1.54, 1.807) is 23.1 Å². The van der Waals surface area contributed by atoms with Gasteiger partial charge in [-0.05, 0) is 25.0 Å². The number of nitrogens with two attached hydrogens (primary N) is 1. The van der Waals surface area contributed by atoms with Crippen LogP contribution in [0.2, 0.25) is 0 Å². The van der Waals surface area contributed by atoms with Crippen LogP contribution in [0.3, 0.4) is 0 Å². The second-order valence-corrected chi connectivity index (χ2v) is 4.59. The first kappa shape index (κ1) is 14.2. The van der Waals surface area contributed by atoms with Crippen LogP contribution in [0.15, 0.2) is 18.2 Å². The Labute approximate surface area is 117 Å². The second-order valence-electron chi connectivity index (χ2n) is 4.59. The number of likely N-dealkylation sites (tertiary alicyclic amines) is 1. The molecule has 108 valence electrons. The lowest BCUT2D eigenvalue weighted by molar-refractivity contribution is -0.133. The van der Waals surface area contributed by atoms with Crippen molar-refractivity contribution in [1.29, 1.82) is 0 Å². The van der Waals surface area contributed by atoms with E-state index in [1.165, 1.54) is 7.11 Å². The zero-order chi connectivity index (χ0) is 14.5. The predicted octanol–water partition coefficient (Wildman–Crippen LogP) is 1.06. The first-order chi connectivity index (χ1) is 9.63. The van der Waals surface area contributed by atoms with Crippen molar-refractivity contribution in [2.45, 2.75) is 12.8 Å². The van der Waals surface area contributed by atoms with Crippen LogP contribution in [0.25, 0.3) is 0 Å². The largest absolute Gasteiger partial charge is 0.496 e. The predicted molar refractivity (Wildman–Crippen MR) is 73.5 cm³/mol. The number of hydrogen-bond donors (Lipinski definition) is 1. The fourth-order valence-corrected chi connectivity index (χ4v) is 2.19. The van der Waals surface area contributed by atoms with Gasteiger partial charge in [-0.25, -0.2) is 4.79 Å². The number of carbonyl (C=O) groups is 2. The van der Waals surface area contributed by atoms with Crippen molar-refractivity contribution in [3.63, 3.8) is 0 Å². The van der Waals surface area contributed by atoms with E-state index in [1.807, 2.05) is 0 Å². The molecule has 0 bridgehead atoms. The number of esters is 1. The quantitative estimate of drug-likeness (QED) is 0.657. The molecule has 0 saturated carbocycles. The number of amides is 1. The molecule has 0 aromatic heterocycles. The van der Waals surface area contributed by atoms with Crippen LogP contribution < -0.4 is 10.5 Å². The molecule has 0 radical (unpaired) electrons. The molecule has 1 fully saturated rings. The Morgan fingerprint density at radius 3 is 2.65 bits per heavy atom. The van der Waals surface area contributed by atoms with Crippen molar-refractivity contribution in [2.24, 2.45) is 0 Å². The van der Waals surface area contributed by atoms with E-state index in [4.69, 9.17) is 15.2 Å². The van der Waals surface area contributed by atoms with Gasteiger partial charge in [0.05, 0.1) is 7.11 Å². The minimum atomic E-state index is -0.646. The third kappa shape index (κ3) is 3.01. The molecule has 1 saturated heterocycles. The number of hydrogen-bond acceptors (Lipinski definition) is 5. The number of nitrogen functional groups attached to an aromatic ring is 1. The van der Waals surface area contributed by atoms with Gasteiger partial charge in [-0.15, -0.1) is 0 Å². The molecule has 0 atom stereocenters. The molecule has 1 aromatic rings. The van der Waals surface area contributed by atoms with Crippen molar-refractivity contribution >= 4 is 17.6 Å². The number of benzene rings is 1. The van der Waals surface area contributed by atoms with E-state index in [-0.39, 0.29) is 23.8 Å². The molecule has 1 heterocycles. The zero-order valence-electron chi connectivity index (χ0n) is 11.4. The highest BCUT2D eigenvalue weighted by atomic mass is 16.5. The molecular weight excluding hydrogens is 260 g/mol. The van der Waals surface area contributed by atoms with Gasteiger partial charge in [0.15, 0.2) is 6.61 Å². The number of anilines is 1. The average molecular weight is 278 g/mol. The van der Waals surface area contributed by atoms with Gasteiger partial charge >= 0.3 is 5.97 Å². The molecule has 2 rings (SSSR count). The van der Waals surface area contributed by atoms with Crippen molar-refractivity contribution in [2.75, 3.05) is 32.5 Å². The van der Waals surface area contributed by atoms with Crippen LogP contribution in [-0.2, 0) is 9.53 Å². The summed E-state index contributed by atoms with van der Waals surface area (Å²) in [6.45, 7) is 1.19. The summed E-state index contributed by atoms with van der Waals surface area (Å²) in [4.78, 5) is 25.5.